The van der Waals surface area contributed by atoms with Gasteiger partial charge in [-0.2, -0.15) is 0 Å². The molecule has 0 spiro atoms. The van der Waals surface area contributed by atoms with Gasteiger partial charge in [-0.1, -0.05) is 45.2 Å². The fourth-order valence-electron chi connectivity index (χ4n) is 2.06. The molecule has 0 aliphatic heterocycles. The highest BCUT2D eigenvalue weighted by molar-refractivity contribution is 9.09. The van der Waals surface area contributed by atoms with Crippen LogP contribution in [0.3, 0.4) is 0 Å². The molecule has 0 fully saturated rings. The maximum atomic E-state index is 13.5. The topological polar surface area (TPSA) is 9.23 Å². The number of alkyl halides is 1. The van der Waals surface area contributed by atoms with Gasteiger partial charge in [0.1, 0.15) is 11.6 Å². The molecule has 5 heteroatoms. The van der Waals surface area contributed by atoms with Crippen molar-refractivity contribution in [1.82, 2.24) is 0 Å². The van der Waals surface area contributed by atoms with Crippen LogP contribution >= 0.6 is 39.1 Å². The molecule has 0 aliphatic carbocycles. The molecule has 0 saturated heterocycles. The quantitative estimate of drug-likeness (QED) is 0.553. The van der Waals surface area contributed by atoms with Crippen LogP contribution in [-0.4, -0.2) is 6.61 Å². The molecule has 0 heterocycles. The zero-order chi connectivity index (χ0) is 15.6. The monoisotopic (exact) mass is 390 g/mol. The van der Waals surface area contributed by atoms with Gasteiger partial charge in [0.25, 0.3) is 0 Å². The lowest BCUT2D eigenvalue weighted by molar-refractivity contribution is 0.340. The Morgan fingerprint density at radius 2 is 1.86 bits per heavy atom. The van der Waals surface area contributed by atoms with E-state index in [1.165, 1.54) is 12.1 Å². The molecule has 0 aliphatic rings. The summed E-state index contributed by atoms with van der Waals surface area (Å²) in [4.78, 5) is -0.242. The van der Waals surface area contributed by atoms with Gasteiger partial charge in [-0.3, -0.25) is 0 Å². The van der Waals surface area contributed by atoms with Gasteiger partial charge in [0.05, 0.1) is 16.5 Å². The summed E-state index contributed by atoms with van der Waals surface area (Å²) in [6.07, 6.45) is 0. The molecule has 2 aromatic rings. The lowest BCUT2D eigenvalue weighted by atomic mass is 10.00. The smallest absolute Gasteiger partial charge is 0.139 e. The van der Waals surface area contributed by atoms with E-state index in [-0.39, 0.29) is 10.6 Å². The minimum absolute atomic E-state index is 0.242. The Hall–Kier alpha value is -0.770. The molecule has 0 amide bonds. The van der Waals surface area contributed by atoms with Crippen LogP contribution in [0.1, 0.15) is 28.4 Å². The van der Waals surface area contributed by atoms with Gasteiger partial charge in [0, 0.05) is 11.1 Å². The Labute approximate surface area is 142 Å². The third kappa shape index (κ3) is 3.71. The number of aryl methyl sites for hydroxylation is 1. The predicted molar refractivity (Wildman–Crippen MR) is 89.5 cm³/mol. The number of hydrogen-bond acceptors (Lipinski definition) is 1. The summed E-state index contributed by atoms with van der Waals surface area (Å²) in [5.74, 6) is 0.261. The van der Waals surface area contributed by atoms with Crippen LogP contribution in [0.25, 0.3) is 0 Å². The van der Waals surface area contributed by atoms with Crippen LogP contribution in [0.4, 0.5) is 4.39 Å². The Morgan fingerprint density at radius 3 is 2.52 bits per heavy atom. The van der Waals surface area contributed by atoms with Crippen molar-refractivity contribution in [3.05, 3.63) is 62.9 Å². The first-order chi connectivity index (χ1) is 9.93. The number of rotatable bonds is 4. The van der Waals surface area contributed by atoms with Crippen LogP contribution in [0, 0.1) is 12.7 Å². The second-order valence-electron chi connectivity index (χ2n) is 4.60. The number of hydrogen-bond donors (Lipinski definition) is 0. The third-order valence-corrected chi connectivity index (χ3v) is 4.75. The minimum atomic E-state index is -0.284. The van der Waals surface area contributed by atoms with E-state index < -0.39 is 0 Å². The normalized spacial score (nSPS) is 12.3. The second-order valence-corrected chi connectivity index (χ2v) is 6.33. The number of halogens is 4. The van der Waals surface area contributed by atoms with E-state index in [9.17, 15) is 4.39 Å². The van der Waals surface area contributed by atoms with Crippen LogP contribution < -0.4 is 4.74 Å². The maximum Gasteiger partial charge on any atom is 0.139 e. The van der Waals surface area contributed by atoms with E-state index in [0.717, 1.165) is 16.7 Å². The zero-order valence-electron chi connectivity index (χ0n) is 11.6. The summed E-state index contributed by atoms with van der Waals surface area (Å²) in [7, 11) is 0. The van der Waals surface area contributed by atoms with Crippen molar-refractivity contribution in [2.24, 2.45) is 0 Å². The van der Waals surface area contributed by atoms with E-state index in [1.807, 2.05) is 13.8 Å². The fraction of sp³-hybridized carbons (Fsp3) is 0.250. The van der Waals surface area contributed by atoms with E-state index >= 15 is 0 Å². The van der Waals surface area contributed by atoms with Crippen LogP contribution in [-0.2, 0) is 0 Å². The molecule has 21 heavy (non-hydrogen) atoms. The van der Waals surface area contributed by atoms with Crippen molar-refractivity contribution in [3.63, 3.8) is 0 Å². The zero-order valence-corrected chi connectivity index (χ0v) is 14.7. The summed E-state index contributed by atoms with van der Waals surface area (Å²) in [5.41, 5.74) is 2.57. The van der Waals surface area contributed by atoms with Crippen molar-refractivity contribution in [2.75, 3.05) is 6.61 Å². The Morgan fingerprint density at radius 1 is 1.14 bits per heavy atom. The molecule has 1 unspecified atom stereocenters. The summed E-state index contributed by atoms with van der Waals surface area (Å²) in [6, 6.07) is 8.11. The van der Waals surface area contributed by atoms with Crippen LogP contribution in [0.15, 0.2) is 30.3 Å². The molecule has 1 atom stereocenters. The minimum Gasteiger partial charge on any atom is -0.492 e. The van der Waals surface area contributed by atoms with E-state index in [2.05, 4.69) is 15.9 Å². The van der Waals surface area contributed by atoms with Gasteiger partial charge in [-0.15, -0.1) is 0 Å². The van der Waals surface area contributed by atoms with Crippen molar-refractivity contribution < 1.29 is 9.13 Å². The molecule has 0 bridgehead atoms. The van der Waals surface area contributed by atoms with E-state index in [1.54, 1.807) is 18.2 Å². The molecule has 2 rings (SSSR count). The molecule has 0 N–H and O–H groups in total. The highest BCUT2D eigenvalue weighted by Crippen LogP contribution is 2.41. The van der Waals surface area contributed by atoms with Gasteiger partial charge < -0.3 is 4.74 Å². The highest BCUT2D eigenvalue weighted by atomic mass is 79.9. The molecule has 0 saturated carbocycles. The SMILES string of the molecule is CCOc1cc(Cl)c(C(Br)c2cc(F)ccc2C)cc1Cl. The predicted octanol–water partition coefficient (Wildman–Crippen LogP) is 6.32. The van der Waals surface area contributed by atoms with Gasteiger partial charge in [0.15, 0.2) is 0 Å². The fourth-order valence-corrected chi connectivity index (χ4v) is 3.55. The molecule has 2 aromatic carbocycles. The average Bonchev–Trinajstić information content (AvgIpc) is 2.44. The molecule has 112 valence electrons. The molecular weight excluding hydrogens is 378 g/mol. The first kappa shape index (κ1) is 16.6. The van der Waals surface area contributed by atoms with Gasteiger partial charge in [-0.05, 0) is 48.7 Å². The largest absolute Gasteiger partial charge is 0.492 e. The molecular formula is C16H14BrCl2FO. The van der Waals surface area contributed by atoms with Crippen LogP contribution in [0.5, 0.6) is 5.75 Å². The lowest BCUT2D eigenvalue weighted by Crippen LogP contribution is -2.00. The Bertz CT molecular complexity index is 661. The Balaban J connectivity index is 2.46. The second kappa shape index (κ2) is 6.99. The molecule has 0 aromatic heterocycles. The first-order valence-electron chi connectivity index (χ1n) is 6.46. The number of benzene rings is 2. The van der Waals surface area contributed by atoms with Crippen molar-refractivity contribution in [2.45, 2.75) is 18.7 Å². The van der Waals surface area contributed by atoms with E-state index in [0.29, 0.717) is 22.4 Å². The first-order valence-corrected chi connectivity index (χ1v) is 8.13. The highest BCUT2D eigenvalue weighted by Gasteiger charge is 2.19. The molecule has 1 nitrogen and oxygen atoms in total. The Kier molecular flexibility index (Phi) is 5.53. The third-order valence-electron chi connectivity index (χ3n) is 3.14. The number of ether oxygens (including phenoxy) is 1. The standard InChI is InChI=1S/C16H14BrCl2FO/c1-3-21-15-8-13(18)12(7-14(15)19)16(17)11-6-10(20)5-4-9(11)2/h4-8,16H,3H2,1-2H3. The maximum absolute atomic E-state index is 13.5. The van der Waals surface area contributed by atoms with Crippen molar-refractivity contribution in [1.29, 1.82) is 0 Å². The van der Waals surface area contributed by atoms with Crippen LogP contribution in [0.2, 0.25) is 10.0 Å². The molecule has 0 radical (unpaired) electrons. The van der Waals surface area contributed by atoms with Crippen molar-refractivity contribution in [3.8, 4) is 5.75 Å². The van der Waals surface area contributed by atoms with E-state index in [4.69, 9.17) is 27.9 Å². The van der Waals surface area contributed by atoms with Crippen molar-refractivity contribution >= 4 is 39.1 Å². The van der Waals surface area contributed by atoms with Gasteiger partial charge >= 0.3 is 0 Å². The summed E-state index contributed by atoms with van der Waals surface area (Å²) >= 11 is 16.1. The van der Waals surface area contributed by atoms with Gasteiger partial charge in [-0.25, -0.2) is 4.39 Å². The average molecular weight is 392 g/mol. The summed E-state index contributed by atoms with van der Waals surface area (Å²) in [6.45, 7) is 4.31. The van der Waals surface area contributed by atoms with Gasteiger partial charge in [0.2, 0.25) is 0 Å². The lowest BCUT2D eigenvalue weighted by Gasteiger charge is -2.17. The summed E-state index contributed by atoms with van der Waals surface area (Å²) in [5, 5.41) is 1.00. The summed E-state index contributed by atoms with van der Waals surface area (Å²) < 4.78 is 18.9.